The van der Waals surface area contributed by atoms with Crippen molar-refractivity contribution in [2.45, 2.75) is 55.8 Å². The average Bonchev–Trinajstić information content (AvgIpc) is 2.85. The van der Waals surface area contributed by atoms with Crippen LogP contribution in [0.3, 0.4) is 0 Å². The monoisotopic (exact) mass is 527 g/mol. The minimum atomic E-state index is -5.08. The van der Waals surface area contributed by atoms with Gasteiger partial charge >= 0.3 is 12.1 Å². The maximum absolute atomic E-state index is 12.9. The summed E-state index contributed by atoms with van der Waals surface area (Å²) in [6.45, 7) is 4.41. The van der Waals surface area contributed by atoms with E-state index in [0.717, 1.165) is 30.5 Å². The standard InChI is InChI=1S/C23H31N3O2S.C2HF3O2/c24-22-12-16-26(17-13-22)29(27,28)23-10-8-21(9-11-23)20-6-4-19(5-7-20)18-25-14-2-1-3-15-25;3-2(4,5)1(6)7/h4-11,22H,1-3,12-18,24H2;(H,6,7). The van der Waals surface area contributed by atoms with Gasteiger partial charge in [0.25, 0.3) is 0 Å². The van der Waals surface area contributed by atoms with Gasteiger partial charge in [0.1, 0.15) is 0 Å². The molecular formula is C25H32F3N3O4S. The van der Waals surface area contributed by atoms with Gasteiger partial charge in [-0.2, -0.15) is 17.5 Å². The number of carboxylic acid groups (broad SMARTS) is 1. The summed E-state index contributed by atoms with van der Waals surface area (Å²) in [5, 5.41) is 7.12. The van der Waals surface area contributed by atoms with E-state index in [1.807, 2.05) is 12.1 Å². The number of nitrogens with two attached hydrogens (primary N) is 1. The predicted octanol–water partition coefficient (Wildman–Crippen LogP) is 4.08. The number of aliphatic carboxylic acids is 1. The number of halogens is 3. The molecule has 0 spiro atoms. The highest BCUT2D eigenvalue weighted by Crippen LogP contribution is 2.25. The van der Waals surface area contributed by atoms with Crippen LogP contribution in [0.1, 0.15) is 37.7 Å². The van der Waals surface area contributed by atoms with Crippen LogP contribution in [0.5, 0.6) is 0 Å². The Morgan fingerprint density at radius 3 is 1.83 bits per heavy atom. The molecule has 2 aromatic rings. The molecule has 2 aliphatic rings. The van der Waals surface area contributed by atoms with Gasteiger partial charge in [-0.15, -0.1) is 0 Å². The number of likely N-dealkylation sites (tertiary alicyclic amines) is 1. The highest BCUT2D eigenvalue weighted by Gasteiger charge is 2.38. The summed E-state index contributed by atoms with van der Waals surface area (Å²) < 4.78 is 59.0. The van der Waals surface area contributed by atoms with Crippen molar-refractivity contribution in [1.29, 1.82) is 0 Å². The van der Waals surface area contributed by atoms with Crippen LogP contribution in [0.15, 0.2) is 53.4 Å². The number of carbonyl (C=O) groups is 1. The van der Waals surface area contributed by atoms with Crippen LogP contribution in [0, 0.1) is 0 Å². The number of benzene rings is 2. The van der Waals surface area contributed by atoms with Gasteiger partial charge in [0.05, 0.1) is 4.90 Å². The van der Waals surface area contributed by atoms with E-state index in [2.05, 4.69) is 29.2 Å². The molecule has 0 radical (unpaired) electrons. The molecule has 198 valence electrons. The molecule has 2 fully saturated rings. The molecule has 36 heavy (non-hydrogen) atoms. The van der Waals surface area contributed by atoms with Gasteiger partial charge in [0.15, 0.2) is 0 Å². The Bertz CT molecular complexity index is 1090. The van der Waals surface area contributed by atoms with E-state index in [9.17, 15) is 21.6 Å². The van der Waals surface area contributed by atoms with Crippen LogP contribution in [-0.2, 0) is 21.4 Å². The van der Waals surface area contributed by atoms with Crippen molar-refractivity contribution in [3.05, 3.63) is 54.1 Å². The number of piperidine rings is 2. The van der Waals surface area contributed by atoms with E-state index < -0.39 is 22.2 Å². The first kappa shape index (κ1) is 28.1. The van der Waals surface area contributed by atoms with Gasteiger partial charge in [-0.25, -0.2) is 13.2 Å². The first-order valence-corrected chi connectivity index (χ1v) is 13.4. The minimum absolute atomic E-state index is 0.113. The average molecular weight is 528 g/mol. The minimum Gasteiger partial charge on any atom is -0.475 e. The third kappa shape index (κ3) is 7.76. The zero-order valence-corrected chi connectivity index (χ0v) is 20.8. The van der Waals surface area contributed by atoms with E-state index in [1.165, 1.54) is 37.9 Å². The second-order valence-electron chi connectivity index (χ2n) is 9.10. The van der Waals surface area contributed by atoms with Crippen LogP contribution in [0.2, 0.25) is 0 Å². The predicted molar refractivity (Wildman–Crippen MR) is 131 cm³/mol. The zero-order valence-electron chi connectivity index (χ0n) is 20.0. The van der Waals surface area contributed by atoms with Gasteiger partial charge in [0, 0.05) is 25.7 Å². The molecule has 4 rings (SSSR count). The molecular weight excluding hydrogens is 495 g/mol. The Morgan fingerprint density at radius 2 is 1.36 bits per heavy atom. The van der Waals surface area contributed by atoms with Crippen molar-refractivity contribution in [2.75, 3.05) is 26.2 Å². The molecule has 0 saturated carbocycles. The second-order valence-corrected chi connectivity index (χ2v) is 11.0. The number of rotatable bonds is 5. The number of hydrogen-bond acceptors (Lipinski definition) is 5. The van der Waals surface area contributed by atoms with Crippen molar-refractivity contribution in [1.82, 2.24) is 9.21 Å². The van der Waals surface area contributed by atoms with Crippen LogP contribution >= 0.6 is 0 Å². The summed E-state index contributed by atoms with van der Waals surface area (Å²) in [5.74, 6) is -2.76. The Balaban J connectivity index is 0.000000454. The summed E-state index contributed by atoms with van der Waals surface area (Å²) in [7, 11) is -3.44. The normalized spacial score (nSPS) is 18.3. The Morgan fingerprint density at radius 1 is 0.889 bits per heavy atom. The van der Waals surface area contributed by atoms with E-state index in [0.29, 0.717) is 18.0 Å². The molecule has 0 atom stereocenters. The van der Waals surface area contributed by atoms with Gasteiger partial charge in [-0.05, 0) is 67.6 Å². The van der Waals surface area contributed by atoms with Gasteiger partial charge in [-0.1, -0.05) is 42.8 Å². The molecule has 2 aliphatic heterocycles. The molecule has 7 nitrogen and oxygen atoms in total. The quantitative estimate of drug-likeness (QED) is 0.607. The van der Waals surface area contributed by atoms with Gasteiger partial charge < -0.3 is 10.8 Å². The van der Waals surface area contributed by atoms with E-state index in [4.69, 9.17) is 15.6 Å². The molecule has 3 N–H and O–H groups in total. The van der Waals surface area contributed by atoms with Crippen LogP contribution in [-0.4, -0.2) is 67.1 Å². The lowest BCUT2D eigenvalue weighted by atomic mass is 10.0. The number of hydrogen-bond donors (Lipinski definition) is 2. The number of nitrogens with zero attached hydrogens (tertiary/aromatic N) is 2. The molecule has 11 heteroatoms. The molecule has 0 amide bonds. The first-order chi connectivity index (χ1) is 17.0. The number of alkyl halides is 3. The summed E-state index contributed by atoms with van der Waals surface area (Å²) in [6.07, 6.45) is 0.323. The van der Waals surface area contributed by atoms with Gasteiger partial charge in [-0.3, -0.25) is 4.90 Å². The Hall–Kier alpha value is -2.47. The smallest absolute Gasteiger partial charge is 0.475 e. The maximum Gasteiger partial charge on any atom is 0.490 e. The lowest BCUT2D eigenvalue weighted by Gasteiger charge is -2.29. The summed E-state index contributed by atoms with van der Waals surface area (Å²) in [5.41, 5.74) is 9.38. The third-order valence-electron chi connectivity index (χ3n) is 6.38. The fraction of sp³-hybridized carbons (Fsp3) is 0.480. The van der Waals surface area contributed by atoms with Crippen molar-refractivity contribution in [2.24, 2.45) is 5.73 Å². The van der Waals surface area contributed by atoms with Crippen molar-refractivity contribution in [3.63, 3.8) is 0 Å². The Labute approximate surface area is 209 Å². The second kappa shape index (κ2) is 12.2. The molecule has 0 bridgehead atoms. The lowest BCUT2D eigenvalue weighted by Crippen LogP contribution is -2.42. The Kier molecular flexibility index (Phi) is 9.51. The molecule has 0 aliphatic carbocycles. The van der Waals surface area contributed by atoms with Crippen LogP contribution in [0.25, 0.3) is 11.1 Å². The highest BCUT2D eigenvalue weighted by atomic mass is 32.2. The number of carboxylic acids is 1. The lowest BCUT2D eigenvalue weighted by molar-refractivity contribution is -0.192. The van der Waals surface area contributed by atoms with Crippen molar-refractivity contribution < 1.29 is 31.5 Å². The summed E-state index contributed by atoms with van der Waals surface area (Å²) in [4.78, 5) is 11.8. The zero-order chi connectivity index (χ0) is 26.3. The molecule has 0 aromatic heterocycles. The topological polar surface area (TPSA) is 104 Å². The van der Waals surface area contributed by atoms with E-state index >= 15 is 0 Å². The summed E-state index contributed by atoms with van der Waals surface area (Å²) in [6, 6.07) is 16.0. The molecule has 2 heterocycles. The first-order valence-electron chi connectivity index (χ1n) is 11.9. The SMILES string of the molecule is NC1CCN(S(=O)(=O)c2ccc(-c3ccc(CN4CCCCC4)cc3)cc2)CC1.O=C(O)C(F)(F)F. The molecule has 0 unspecified atom stereocenters. The third-order valence-corrected chi connectivity index (χ3v) is 8.29. The molecule has 2 aromatic carbocycles. The highest BCUT2D eigenvalue weighted by molar-refractivity contribution is 7.89. The fourth-order valence-corrected chi connectivity index (χ4v) is 5.73. The van der Waals surface area contributed by atoms with Crippen LogP contribution < -0.4 is 5.73 Å². The van der Waals surface area contributed by atoms with Crippen molar-refractivity contribution >= 4 is 16.0 Å². The van der Waals surface area contributed by atoms with E-state index in [1.54, 1.807) is 16.4 Å². The van der Waals surface area contributed by atoms with E-state index in [-0.39, 0.29) is 6.04 Å². The summed E-state index contributed by atoms with van der Waals surface area (Å²) >= 11 is 0. The van der Waals surface area contributed by atoms with Gasteiger partial charge in [0.2, 0.25) is 10.0 Å². The number of sulfonamides is 1. The molecule has 2 saturated heterocycles. The van der Waals surface area contributed by atoms with Crippen LogP contribution in [0.4, 0.5) is 13.2 Å². The largest absolute Gasteiger partial charge is 0.490 e. The maximum atomic E-state index is 12.9. The van der Waals surface area contributed by atoms with Crippen molar-refractivity contribution in [3.8, 4) is 11.1 Å². The fourth-order valence-electron chi connectivity index (χ4n) is 4.26.